The van der Waals surface area contributed by atoms with E-state index in [4.69, 9.17) is 10.00 Å². The van der Waals surface area contributed by atoms with E-state index < -0.39 is 0 Å². The summed E-state index contributed by atoms with van der Waals surface area (Å²) in [6.07, 6.45) is 0. The van der Waals surface area contributed by atoms with Crippen LogP contribution in [0.2, 0.25) is 0 Å². The van der Waals surface area contributed by atoms with Crippen LogP contribution in [0.5, 0.6) is 5.75 Å². The smallest absolute Gasteiger partial charge is 0.138 e. The summed E-state index contributed by atoms with van der Waals surface area (Å²) in [6, 6.07) is 16.1. The van der Waals surface area contributed by atoms with Crippen LogP contribution in [0.15, 0.2) is 53.4 Å². The predicted octanol–water partition coefficient (Wildman–Crippen LogP) is 4.43. The van der Waals surface area contributed by atoms with Gasteiger partial charge in [0.2, 0.25) is 0 Å². The Morgan fingerprint density at radius 2 is 1.81 bits per heavy atom. The summed E-state index contributed by atoms with van der Waals surface area (Å²) < 4.78 is 7.34. The van der Waals surface area contributed by atoms with E-state index in [1.807, 2.05) is 43.4 Å². The Morgan fingerprint density at radius 1 is 1.10 bits per heavy atom. The first-order valence-corrected chi connectivity index (χ1v) is 7.35. The molecule has 3 aromatic rings. The molecule has 0 atom stereocenters. The van der Waals surface area contributed by atoms with Crippen LogP contribution in [0.25, 0.3) is 22.2 Å². The van der Waals surface area contributed by atoms with E-state index in [1.165, 1.54) is 11.8 Å². The highest BCUT2D eigenvalue weighted by Gasteiger charge is 2.16. The van der Waals surface area contributed by atoms with Gasteiger partial charge in [0.1, 0.15) is 11.2 Å². The zero-order valence-corrected chi connectivity index (χ0v) is 12.6. The molecule has 0 bridgehead atoms. The molecule has 0 amide bonds. The third-order valence-electron chi connectivity index (χ3n) is 3.57. The first-order valence-electron chi connectivity index (χ1n) is 6.54. The molecule has 21 heavy (non-hydrogen) atoms. The Morgan fingerprint density at radius 3 is 2.48 bits per heavy atom. The van der Waals surface area contributed by atoms with Gasteiger partial charge in [0, 0.05) is 18.0 Å². The van der Waals surface area contributed by atoms with E-state index in [-0.39, 0.29) is 0 Å². The number of methoxy groups -OCH3 is 1. The molecule has 2 aromatic carbocycles. The zero-order valence-electron chi connectivity index (χ0n) is 11.8. The molecule has 0 saturated carbocycles. The topological polar surface area (TPSA) is 37.9 Å². The minimum Gasteiger partial charge on any atom is -0.497 e. The molecule has 1 aromatic heterocycles. The quantitative estimate of drug-likeness (QED) is 0.530. The lowest BCUT2D eigenvalue weighted by molar-refractivity contribution is 0.415. The summed E-state index contributed by atoms with van der Waals surface area (Å²) in [6.45, 7) is 0. The van der Waals surface area contributed by atoms with Crippen LogP contribution in [0.4, 0.5) is 0 Å². The fraction of sp³-hybridized carbons (Fsp3) is 0.118. The van der Waals surface area contributed by atoms with Gasteiger partial charge in [0.15, 0.2) is 0 Å². The molecule has 0 aliphatic heterocycles. The monoisotopic (exact) mass is 294 g/mol. The molecule has 0 unspecified atom stereocenters. The first kappa shape index (κ1) is 13.6. The molecular formula is C17H14N2OS. The number of aromatic nitrogens is 1. The molecule has 0 saturated heterocycles. The van der Waals surface area contributed by atoms with Crippen LogP contribution >= 0.6 is 11.8 Å². The summed E-state index contributed by atoms with van der Waals surface area (Å²) in [4.78, 5) is 1.00. The van der Waals surface area contributed by atoms with Gasteiger partial charge in [-0.25, -0.2) is 0 Å². The van der Waals surface area contributed by atoms with Gasteiger partial charge in [-0.05, 0) is 47.7 Å². The minimum absolute atomic E-state index is 0.826. The van der Waals surface area contributed by atoms with Crippen molar-refractivity contribution in [1.29, 1.82) is 5.26 Å². The number of rotatable bonds is 3. The highest BCUT2D eigenvalue weighted by Crippen LogP contribution is 2.39. The maximum absolute atomic E-state index is 9.13. The molecular weight excluding hydrogens is 280 g/mol. The Hall–Kier alpha value is -2.38. The van der Waals surface area contributed by atoms with E-state index >= 15 is 0 Å². The number of thiocyanates is 1. The maximum atomic E-state index is 9.13. The Balaban J connectivity index is 2.27. The van der Waals surface area contributed by atoms with E-state index in [9.17, 15) is 0 Å². The van der Waals surface area contributed by atoms with Crippen molar-refractivity contribution < 1.29 is 4.74 Å². The molecule has 3 rings (SSSR count). The fourth-order valence-electron chi connectivity index (χ4n) is 2.58. The molecule has 0 fully saturated rings. The van der Waals surface area contributed by atoms with Crippen molar-refractivity contribution in [2.45, 2.75) is 4.90 Å². The number of fused-ring (bicyclic) bond motifs is 1. The fourth-order valence-corrected chi connectivity index (χ4v) is 3.31. The van der Waals surface area contributed by atoms with Gasteiger partial charge >= 0.3 is 0 Å². The number of nitriles is 1. The SMILES string of the molecule is COc1ccc(-c2c(SC#N)c3ccccc3n2C)cc1. The average molecular weight is 294 g/mol. The number of hydrogen-bond donors (Lipinski definition) is 0. The molecule has 1 heterocycles. The van der Waals surface area contributed by atoms with Crippen LogP contribution in [0.1, 0.15) is 0 Å². The number of thioether (sulfide) groups is 1. The van der Waals surface area contributed by atoms with Crippen LogP contribution in [0.3, 0.4) is 0 Å². The largest absolute Gasteiger partial charge is 0.497 e. The Kier molecular flexibility index (Phi) is 3.59. The molecule has 0 aliphatic rings. The van der Waals surface area contributed by atoms with Crippen LogP contribution in [0, 0.1) is 10.7 Å². The molecule has 0 N–H and O–H groups in total. The van der Waals surface area contributed by atoms with Crippen LogP contribution in [-0.2, 0) is 7.05 Å². The summed E-state index contributed by atoms with van der Waals surface area (Å²) in [5.41, 5.74) is 3.26. The van der Waals surface area contributed by atoms with E-state index in [0.717, 1.165) is 32.8 Å². The highest BCUT2D eigenvalue weighted by atomic mass is 32.2. The average Bonchev–Trinajstić information content (AvgIpc) is 2.81. The highest BCUT2D eigenvalue weighted by molar-refractivity contribution is 8.04. The van der Waals surface area contributed by atoms with E-state index in [2.05, 4.69) is 22.1 Å². The molecule has 0 spiro atoms. The van der Waals surface area contributed by atoms with Crippen molar-refractivity contribution in [3.8, 4) is 22.4 Å². The van der Waals surface area contributed by atoms with Crippen molar-refractivity contribution >= 4 is 22.7 Å². The van der Waals surface area contributed by atoms with Crippen molar-refractivity contribution in [2.75, 3.05) is 7.11 Å². The second kappa shape index (κ2) is 5.55. The third-order valence-corrected chi connectivity index (χ3v) is 4.28. The number of hydrogen-bond acceptors (Lipinski definition) is 3. The second-order valence-electron chi connectivity index (χ2n) is 4.68. The standard InChI is InChI=1S/C17H14N2OS/c1-19-15-6-4-3-5-14(15)17(21-11-18)16(19)12-7-9-13(20-2)10-8-12/h3-10H,1-2H3. The van der Waals surface area contributed by atoms with Gasteiger partial charge in [-0.3, -0.25) is 0 Å². The third kappa shape index (κ3) is 2.26. The van der Waals surface area contributed by atoms with Crippen molar-refractivity contribution in [2.24, 2.45) is 7.05 Å². The molecule has 0 aliphatic carbocycles. The predicted molar refractivity (Wildman–Crippen MR) is 86.4 cm³/mol. The van der Waals surface area contributed by atoms with Crippen LogP contribution in [-0.4, -0.2) is 11.7 Å². The number of para-hydroxylation sites is 1. The molecule has 104 valence electrons. The van der Waals surface area contributed by atoms with Gasteiger partial charge in [0.05, 0.1) is 17.7 Å². The Bertz CT molecular complexity index is 828. The number of ether oxygens (including phenoxy) is 1. The lowest BCUT2D eigenvalue weighted by Gasteiger charge is -2.07. The van der Waals surface area contributed by atoms with Gasteiger partial charge in [-0.1, -0.05) is 18.2 Å². The molecule has 0 radical (unpaired) electrons. The van der Waals surface area contributed by atoms with Gasteiger partial charge < -0.3 is 9.30 Å². The van der Waals surface area contributed by atoms with Gasteiger partial charge in [-0.15, -0.1) is 0 Å². The lowest BCUT2D eigenvalue weighted by Crippen LogP contribution is -1.92. The number of benzene rings is 2. The van der Waals surface area contributed by atoms with Crippen LogP contribution < -0.4 is 4.74 Å². The zero-order chi connectivity index (χ0) is 14.8. The maximum Gasteiger partial charge on any atom is 0.138 e. The summed E-state index contributed by atoms with van der Waals surface area (Å²) in [5.74, 6) is 0.826. The van der Waals surface area contributed by atoms with Crippen molar-refractivity contribution in [1.82, 2.24) is 4.57 Å². The van der Waals surface area contributed by atoms with Crippen molar-refractivity contribution in [3.63, 3.8) is 0 Å². The van der Waals surface area contributed by atoms with Gasteiger partial charge in [-0.2, -0.15) is 5.26 Å². The number of nitrogens with zero attached hydrogens (tertiary/aromatic N) is 2. The molecule has 4 heteroatoms. The normalized spacial score (nSPS) is 10.5. The summed E-state index contributed by atoms with van der Waals surface area (Å²) in [7, 11) is 3.69. The van der Waals surface area contributed by atoms with Crippen molar-refractivity contribution in [3.05, 3.63) is 48.5 Å². The second-order valence-corrected chi connectivity index (χ2v) is 5.47. The Labute approximate surface area is 127 Å². The van der Waals surface area contributed by atoms with E-state index in [1.54, 1.807) is 7.11 Å². The first-order chi connectivity index (χ1) is 10.3. The summed E-state index contributed by atoms with van der Waals surface area (Å²) in [5, 5.41) is 12.4. The molecule has 3 nitrogen and oxygen atoms in total. The van der Waals surface area contributed by atoms with Gasteiger partial charge in [0.25, 0.3) is 0 Å². The van der Waals surface area contributed by atoms with E-state index in [0.29, 0.717) is 0 Å². The number of aryl methyl sites for hydroxylation is 1. The summed E-state index contributed by atoms with van der Waals surface area (Å²) >= 11 is 1.21. The lowest BCUT2D eigenvalue weighted by atomic mass is 10.1. The minimum atomic E-state index is 0.826.